The molecule has 20 heavy (non-hydrogen) atoms. The van der Waals surface area contributed by atoms with Crippen LogP contribution in [0.25, 0.3) is 0 Å². The van der Waals surface area contributed by atoms with Crippen molar-refractivity contribution in [3.8, 4) is 0 Å². The summed E-state index contributed by atoms with van der Waals surface area (Å²) in [7, 11) is 0. The number of nitrogens with one attached hydrogen (secondary N) is 1. The van der Waals surface area contributed by atoms with Gasteiger partial charge < -0.3 is 15.8 Å². The van der Waals surface area contributed by atoms with Crippen LogP contribution in [0.5, 0.6) is 0 Å². The quantitative estimate of drug-likeness (QED) is 0.680. The van der Waals surface area contributed by atoms with E-state index in [0.717, 1.165) is 18.4 Å². The zero-order valence-electron chi connectivity index (χ0n) is 12.5. The van der Waals surface area contributed by atoms with Gasteiger partial charge in [-0.05, 0) is 17.9 Å². The Kier molecular flexibility index (Phi) is 7.92. The highest BCUT2D eigenvalue weighted by molar-refractivity contribution is 5.81. The predicted molar refractivity (Wildman–Crippen MR) is 81.2 cm³/mol. The van der Waals surface area contributed by atoms with E-state index in [1.165, 1.54) is 0 Å². The Morgan fingerprint density at radius 2 is 2.05 bits per heavy atom. The van der Waals surface area contributed by atoms with Crippen LogP contribution in [-0.2, 0) is 16.1 Å². The molecule has 4 heteroatoms. The molecule has 1 aromatic rings. The molecule has 0 saturated heterocycles. The van der Waals surface area contributed by atoms with Crippen LogP contribution in [0.1, 0.15) is 32.3 Å². The molecule has 0 spiro atoms. The van der Waals surface area contributed by atoms with Gasteiger partial charge in [0.2, 0.25) is 5.91 Å². The van der Waals surface area contributed by atoms with E-state index in [2.05, 4.69) is 5.32 Å². The smallest absolute Gasteiger partial charge is 0.237 e. The third-order valence-corrected chi connectivity index (χ3v) is 3.44. The van der Waals surface area contributed by atoms with Crippen molar-refractivity contribution in [3.63, 3.8) is 0 Å². The maximum atomic E-state index is 11.7. The van der Waals surface area contributed by atoms with Gasteiger partial charge in [0, 0.05) is 13.2 Å². The minimum atomic E-state index is -0.412. The molecule has 0 saturated carbocycles. The molecule has 2 atom stereocenters. The fraction of sp³-hybridized carbons (Fsp3) is 0.562. The van der Waals surface area contributed by atoms with Gasteiger partial charge in [-0.2, -0.15) is 0 Å². The van der Waals surface area contributed by atoms with E-state index in [0.29, 0.717) is 19.8 Å². The second kappa shape index (κ2) is 9.50. The van der Waals surface area contributed by atoms with E-state index in [-0.39, 0.29) is 11.8 Å². The number of hydrogen-bond donors (Lipinski definition) is 2. The SMILES string of the molecule is CC[C@H](C)[C@H](N)C(=O)NCCCOCc1ccccc1. The molecule has 0 heterocycles. The van der Waals surface area contributed by atoms with Crippen molar-refractivity contribution in [3.05, 3.63) is 35.9 Å². The molecule has 0 fully saturated rings. The molecule has 3 N–H and O–H groups in total. The van der Waals surface area contributed by atoms with Crippen LogP contribution in [0.3, 0.4) is 0 Å². The first-order valence-electron chi connectivity index (χ1n) is 7.30. The lowest BCUT2D eigenvalue weighted by atomic mass is 9.99. The van der Waals surface area contributed by atoms with Crippen LogP contribution in [0.4, 0.5) is 0 Å². The number of rotatable bonds is 9. The normalized spacial score (nSPS) is 13.8. The Hall–Kier alpha value is -1.39. The first-order chi connectivity index (χ1) is 9.65. The highest BCUT2D eigenvalue weighted by Gasteiger charge is 2.18. The third-order valence-electron chi connectivity index (χ3n) is 3.44. The highest BCUT2D eigenvalue weighted by Crippen LogP contribution is 2.05. The van der Waals surface area contributed by atoms with E-state index >= 15 is 0 Å². The summed E-state index contributed by atoms with van der Waals surface area (Å²) in [6, 6.07) is 9.63. The second-order valence-corrected chi connectivity index (χ2v) is 5.09. The lowest BCUT2D eigenvalue weighted by Crippen LogP contribution is -2.44. The fourth-order valence-electron chi connectivity index (χ4n) is 1.78. The lowest BCUT2D eigenvalue weighted by Gasteiger charge is -2.17. The molecule has 1 aromatic carbocycles. The molecule has 0 unspecified atom stereocenters. The average Bonchev–Trinajstić information content (AvgIpc) is 2.49. The van der Waals surface area contributed by atoms with Gasteiger partial charge in [-0.3, -0.25) is 4.79 Å². The summed E-state index contributed by atoms with van der Waals surface area (Å²) >= 11 is 0. The minimum Gasteiger partial charge on any atom is -0.377 e. The van der Waals surface area contributed by atoms with E-state index in [1.807, 2.05) is 44.2 Å². The molecule has 0 aliphatic rings. The van der Waals surface area contributed by atoms with Gasteiger partial charge in [0.25, 0.3) is 0 Å². The zero-order chi connectivity index (χ0) is 14.8. The van der Waals surface area contributed by atoms with Crippen molar-refractivity contribution in [1.82, 2.24) is 5.32 Å². The third kappa shape index (κ3) is 6.17. The second-order valence-electron chi connectivity index (χ2n) is 5.09. The molecule has 4 nitrogen and oxygen atoms in total. The Morgan fingerprint density at radius 3 is 2.70 bits per heavy atom. The van der Waals surface area contributed by atoms with Crippen LogP contribution in [0.15, 0.2) is 30.3 Å². The van der Waals surface area contributed by atoms with Gasteiger partial charge in [0.15, 0.2) is 0 Å². The summed E-state index contributed by atoms with van der Waals surface area (Å²) in [5.74, 6) is 0.145. The van der Waals surface area contributed by atoms with Gasteiger partial charge in [-0.25, -0.2) is 0 Å². The number of carbonyl (C=O) groups is 1. The summed E-state index contributed by atoms with van der Waals surface area (Å²) in [6.45, 7) is 5.88. The fourth-order valence-corrected chi connectivity index (χ4v) is 1.78. The minimum absolute atomic E-state index is 0.0672. The molecular weight excluding hydrogens is 252 g/mol. The molecule has 1 amide bonds. The molecule has 112 valence electrons. The van der Waals surface area contributed by atoms with Crippen LogP contribution in [0, 0.1) is 5.92 Å². The topological polar surface area (TPSA) is 64.4 Å². The van der Waals surface area contributed by atoms with Crippen molar-refractivity contribution < 1.29 is 9.53 Å². The number of amides is 1. The summed E-state index contributed by atoms with van der Waals surface area (Å²) in [5.41, 5.74) is 7.01. The van der Waals surface area contributed by atoms with E-state index in [4.69, 9.17) is 10.5 Å². The summed E-state index contributed by atoms with van der Waals surface area (Å²) in [4.78, 5) is 11.7. The molecule has 0 aliphatic carbocycles. The largest absolute Gasteiger partial charge is 0.377 e. The number of carbonyl (C=O) groups excluding carboxylic acids is 1. The summed E-state index contributed by atoms with van der Waals surface area (Å²) in [6.07, 6.45) is 1.71. The number of nitrogens with two attached hydrogens (primary N) is 1. The van der Waals surface area contributed by atoms with Crippen molar-refractivity contribution in [2.24, 2.45) is 11.7 Å². The van der Waals surface area contributed by atoms with Gasteiger partial charge in [0.1, 0.15) is 0 Å². The molecule has 0 radical (unpaired) electrons. The van der Waals surface area contributed by atoms with E-state index in [1.54, 1.807) is 0 Å². The lowest BCUT2D eigenvalue weighted by molar-refractivity contribution is -0.123. The van der Waals surface area contributed by atoms with Gasteiger partial charge in [-0.15, -0.1) is 0 Å². The number of hydrogen-bond acceptors (Lipinski definition) is 3. The Bertz CT molecular complexity index is 381. The predicted octanol–water partition coefficient (Wildman–Crippen LogP) is 2.08. The van der Waals surface area contributed by atoms with Crippen molar-refractivity contribution in [1.29, 1.82) is 0 Å². The van der Waals surface area contributed by atoms with Gasteiger partial charge in [-0.1, -0.05) is 50.6 Å². The molecule has 0 aliphatic heterocycles. The highest BCUT2D eigenvalue weighted by atomic mass is 16.5. The standard InChI is InChI=1S/C16H26N2O2/c1-3-13(2)15(17)16(19)18-10-7-11-20-12-14-8-5-4-6-9-14/h4-6,8-9,13,15H,3,7,10-12,17H2,1-2H3,(H,18,19)/t13-,15-/m0/s1. The van der Waals surface area contributed by atoms with Crippen molar-refractivity contribution >= 4 is 5.91 Å². The van der Waals surface area contributed by atoms with Gasteiger partial charge >= 0.3 is 0 Å². The Balaban J connectivity index is 2.06. The van der Waals surface area contributed by atoms with Crippen LogP contribution >= 0.6 is 0 Å². The van der Waals surface area contributed by atoms with E-state index in [9.17, 15) is 4.79 Å². The molecule has 0 bridgehead atoms. The van der Waals surface area contributed by atoms with Crippen LogP contribution in [0.2, 0.25) is 0 Å². The average molecular weight is 278 g/mol. The molecule has 1 rings (SSSR count). The Morgan fingerprint density at radius 1 is 1.35 bits per heavy atom. The first kappa shape index (κ1) is 16.7. The molecule has 0 aromatic heterocycles. The maximum absolute atomic E-state index is 11.7. The maximum Gasteiger partial charge on any atom is 0.237 e. The van der Waals surface area contributed by atoms with E-state index < -0.39 is 6.04 Å². The monoisotopic (exact) mass is 278 g/mol. The first-order valence-corrected chi connectivity index (χ1v) is 7.30. The number of benzene rings is 1. The zero-order valence-corrected chi connectivity index (χ0v) is 12.5. The summed E-state index contributed by atoms with van der Waals surface area (Å²) < 4.78 is 5.55. The van der Waals surface area contributed by atoms with Crippen molar-refractivity contribution in [2.75, 3.05) is 13.2 Å². The summed E-state index contributed by atoms with van der Waals surface area (Å²) in [5, 5.41) is 2.85. The Labute approximate surface area is 121 Å². The van der Waals surface area contributed by atoms with Gasteiger partial charge in [0.05, 0.1) is 12.6 Å². The van der Waals surface area contributed by atoms with Crippen LogP contribution in [-0.4, -0.2) is 25.1 Å². The van der Waals surface area contributed by atoms with Crippen LogP contribution < -0.4 is 11.1 Å². The number of ether oxygens (including phenoxy) is 1. The molecular formula is C16H26N2O2. The van der Waals surface area contributed by atoms with Crippen molar-refractivity contribution in [2.45, 2.75) is 39.3 Å².